The van der Waals surface area contributed by atoms with Crippen molar-refractivity contribution in [1.29, 1.82) is 0 Å². The molecule has 0 fully saturated rings. The van der Waals surface area contributed by atoms with Crippen LogP contribution < -0.4 is 0 Å². The van der Waals surface area contributed by atoms with E-state index in [-0.39, 0.29) is 24.8 Å². The second kappa shape index (κ2) is 9.15. The molecule has 0 bridgehead atoms. The molecule has 5 nitrogen and oxygen atoms in total. The molecule has 0 saturated heterocycles. The summed E-state index contributed by atoms with van der Waals surface area (Å²) in [5, 5.41) is 0. The van der Waals surface area contributed by atoms with E-state index in [0.29, 0.717) is 19.8 Å². The molecule has 0 amide bonds. The summed E-state index contributed by atoms with van der Waals surface area (Å²) in [6.45, 7) is 6.39. The third-order valence-electron chi connectivity index (χ3n) is 1.80. The Hall–Kier alpha value is -1.10. The maximum atomic E-state index is 11.2. The third-order valence-corrected chi connectivity index (χ3v) is 1.80. The Morgan fingerprint density at radius 3 is 1.62 bits per heavy atom. The van der Waals surface area contributed by atoms with Crippen molar-refractivity contribution in [1.82, 2.24) is 0 Å². The van der Waals surface area contributed by atoms with Gasteiger partial charge in [-0.3, -0.25) is 9.59 Å². The van der Waals surface area contributed by atoms with Crippen LogP contribution in [-0.4, -0.2) is 37.9 Å². The van der Waals surface area contributed by atoms with Crippen molar-refractivity contribution in [3.05, 3.63) is 0 Å². The highest BCUT2D eigenvalue weighted by Gasteiger charge is 2.19. The lowest BCUT2D eigenvalue weighted by Gasteiger charge is -2.15. The zero-order chi connectivity index (χ0) is 12.4. The Balaban J connectivity index is 4.05. The number of ether oxygens (including phenoxy) is 3. The van der Waals surface area contributed by atoms with E-state index in [1.165, 1.54) is 0 Å². The van der Waals surface area contributed by atoms with Gasteiger partial charge < -0.3 is 14.2 Å². The lowest BCUT2D eigenvalue weighted by molar-refractivity contribution is -0.150. The van der Waals surface area contributed by atoms with Gasteiger partial charge in [0.05, 0.1) is 32.2 Å². The molecule has 0 aliphatic rings. The van der Waals surface area contributed by atoms with Crippen LogP contribution in [0.25, 0.3) is 0 Å². The first kappa shape index (κ1) is 14.9. The molecule has 0 spiro atoms. The third kappa shape index (κ3) is 7.23. The highest BCUT2D eigenvalue weighted by atomic mass is 16.5. The van der Waals surface area contributed by atoms with Crippen LogP contribution in [0.2, 0.25) is 0 Å². The smallest absolute Gasteiger partial charge is 0.308 e. The van der Waals surface area contributed by atoms with E-state index >= 15 is 0 Å². The Bertz CT molecular complexity index is 194. The topological polar surface area (TPSA) is 61.8 Å². The van der Waals surface area contributed by atoms with Gasteiger partial charge in [-0.15, -0.1) is 0 Å². The first-order valence-corrected chi connectivity index (χ1v) is 5.56. The molecule has 16 heavy (non-hydrogen) atoms. The fourth-order valence-electron chi connectivity index (χ4n) is 1.24. The van der Waals surface area contributed by atoms with E-state index < -0.39 is 6.10 Å². The zero-order valence-corrected chi connectivity index (χ0v) is 10.2. The van der Waals surface area contributed by atoms with Crippen LogP contribution in [0.4, 0.5) is 0 Å². The molecule has 0 unspecified atom stereocenters. The zero-order valence-electron chi connectivity index (χ0n) is 10.2. The van der Waals surface area contributed by atoms with Gasteiger partial charge in [-0.2, -0.15) is 0 Å². The lowest BCUT2D eigenvalue weighted by Crippen LogP contribution is -2.23. The quantitative estimate of drug-likeness (QED) is 0.590. The van der Waals surface area contributed by atoms with E-state index in [1.807, 2.05) is 6.92 Å². The van der Waals surface area contributed by atoms with Crippen molar-refractivity contribution >= 4 is 11.9 Å². The predicted octanol–water partition coefficient (Wildman–Crippen LogP) is 1.30. The number of carbonyl (C=O) groups is 2. The van der Waals surface area contributed by atoms with Gasteiger partial charge in [0.25, 0.3) is 0 Å². The van der Waals surface area contributed by atoms with Crippen LogP contribution in [-0.2, 0) is 23.8 Å². The fraction of sp³-hybridized carbons (Fsp3) is 0.818. The standard InChI is InChI=1S/C11H20O5/c1-4-14-9(7-10(12)15-5-2)8-11(13)16-6-3/h9H,4-8H2,1-3H3. The summed E-state index contributed by atoms with van der Waals surface area (Å²) in [4.78, 5) is 22.4. The monoisotopic (exact) mass is 232 g/mol. The van der Waals surface area contributed by atoms with E-state index in [0.717, 1.165) is 0 Å². The van der Waals surface area contributed by atoms with Gasteiger partial charge >= 0.3 is 11.9 Å². The molecular weight excluding hydrogens is 212 g/mol. The molecule has 0 N–H and O–H groups in total. The van der Waals surface area contributed by atoms with Crippen molar-refractivity contribution < 1.29 is 23.8 Å². The van der Waals surface area contributed by atoms with Gasteiger partial charge in [-0.1, -0.05) is 0 Å². The van der Waals surface area contributed by atoms with E-state index in [1.54, 1.807) is 13.8 Å². The normalized spacial score (nSPS) is 10.2. The van der Waals surface area contributed by atoms with Gasteiger partial charge in [0.15, 0.2) is 0 Å². The van der Waals surface area contributed by atoms with Crippen molar-refractivity contribution in [2.75, 3.05) is 19.8 Å². The molecular formula is C11H20O5. The summed E-state index contributed by atoms with van der Waals surface area (Å²) in [5.74, 6) is -0.713. The summed E-state index contributed by atoms with van der Waals surface area (Å²) in [7, 11) is 0. The summed E-state index contributed by atoms with van der Waals surface area (Å²) in [6.07, 6.45) is -0.288. The van der Waals surface area contributed by atoms with Gasteiger partial charge in [0.1, 0.15) is 0 Å². The van der Waals surface area contributed by atoms with Gasteiger partial charge in [-0.05, 0) is 20.8 Å². The molecule has 0 aromatic heterocycles. The van der Waals surface area contributed by atoms with Crippen LogP contribution in [0.5, 0.6) is 0 Å². The van der Waals surface area contributed by atoms with Gasteiger partial charge in [0.2, 0.25) is 0 Å². The maximum absolute atomic E-state index is 11.2. The van der Waals surface area contributed by atoms with Crippen molar-refractivity contribution in [3.63, 3.8) is 0 Å². The molecule has 0 atom stereocenters. The largest absolute Gasteiger partial charge is 0.466 e. The molecule has 0 aliphatic carbocycles. The molecule has 0 aromatic carbocycles. The Labute approximate surface area is 96.1 Å². The predicted molar refractivity (Wildman–Crippen MR) is 57.9 cm³/mol. The summed E-state index contributed by atoms with van der Waals surface area (Å²) < 4.78 is 14.9. The molecule has 0 radical (unpaired) electrons. The molecule has 0 heterocycles. The minimum Gasteiger partial charge on any atom is -0.466 e. The average Bonchev–Trinajstić information content (AvgIpc) is 2.18. The van der Waals surface area contributed by atoms with E-state index in [4.69, 9.17) is 14.2 Å². The number of carbonyl (C=O) groups excluding carboxylic acids is 2. The number of rotatable bonds is 8. The van der Waals surface area contributed by atoms with Crippen LogP contribution in [0.1, 0.15) is 33.6 Å². The molecule has 94 valence electrons. The number of hydrogen-bond acceptors (Lipinski definition) is 5. The van der Waals surface area contributed by atoms with Crippen LogP contribution in [0.3, 0.4) is 0 Å². The first-order chi connectivity index (χ1) is 7.63. The SMILES string of the molecule is CCOC(=O)CC(CC(=O)OCC)OCC. The van der Waals surface area contributed by atoms with Crippen molar-refractivity contribution in [3.8, 4) is 0 Å². The molecule has 0 saturated carbocycles. The van der Waals surface area contributed by atoms with Gasteiger partial charge in [0, 0.05) is 6.61 Å². The second-order valence-corrected chi connectivity index (χ2v) is 3.10. The highest BCUT2D eigenvalue weighted by Crippen LogP contribution is 2.07. The maximum Gasteiger partial charge on any atom is 0.308 e. The minimum atomic E-state index is -0.455. The Morgan fingerprint density at radius 2 is 1.31 bits per heavy atom. The Kier molecular flexibility index (Phi) is 8.52. The van der Waals surface area contributed by atoms with Crippen molar-refractivity contribution in [2.24, 2.45) is 0 Å². The first-order valence-electron chi connectivity index (χ1n) is 5.56. The lowest BCUT2D eigenvalue weighted by atomic mass is 10.2. The number of esters is 2. The van der Waals surface area contributed by atoms with Crippen molar-refractivity contribution in [2.45, 2.75) is 39.7 Å². The molecule has 5 heteroatoms. The Morgan fingerprint density at radius 1 is 0.875 bits per heavy atom. The number of hydrogen-bond donors (Lipinski definition) is 0. The van der Waals surface area contributed by atoms with Crippen LogP contribution in [0.15, 0.2) is 0 Å². The second-order valence-electron chi connectivity index (χ2n) is 3.10. The fourth-order valence-corrected chi connectivity index (χ4v) is 1.24. The van der Waals surface area contributed by atoms with E-state index in [2.05, 4.69) is 0 Å². The molecule has 0 aromatic rings. The van der Waals surface area contributed by atoms with Crippen LogP contribution in [0, 0.1) is 0 Å². The summed E-state index contributed by atoms with van der Waals surface area (Å²) >= 11 is 0. The van der Waals surface area contributed by atoms with E-state index in [9.17, 15) is 9.59 Å². The van der Waals surface area contributed by atoms with Crippen LogP contribution >= 0.6 is 0 Å². The molecule has 0 aliphatic heterocycles. The average molecular weight is 232 g/mol. The highest BCUT2D eigenvalue weighted by molar-refractivity contribution is 5.73. The summed E-state index contributed by atoms with van der Waals surface area (Å²) in [5.41, 5.74) is 0. The molecule has 0 rings (SSSR count). The van der Waals surface area contributed by atoms with Gasteiger partial charge in [-0.25, -0.2) is 0 Å². The summed E-state index contributed by atoms with van der Waals surface area (Å²) in [6, 6.07) is 0. The minimum absolute atomic E-state index is 0.0838.